The number of carbonyl (C=O) groups excluding carboxylic acids is 2. The molecule has 2 aromatic carbocycles. The Morgan fingerprint density at radius 3 is 2.33 bits per heavy atom. The van der Waals surface area contributed by atoms with E-state index in [1.165, 1.54) is 24.9 Å². The number of hydrogen-bond donors (Lipinski definition) is 2. The van der Waals surface area contributed by atoms with Crippen LogP contribution in [0.1, 0.15) is 40.0 Å². The fourth-order valence-corrected chi connectivity index (χ4v) is 5.07. The molecule has 170 valence electrons. The van der Waals surface area contributed by atoms with Gasteiger partial charge < -0.3 is 20.3 Å². The number of piperidine rings is 1. The van der Waals surface area contributed by atoms with E-state index in [1.54, 1.807) is 18.2 Å². The van der Waals surface area contributed by atoms with Gasteiger partial charge in [0, 0.05) is 29.2 Å². The number of anilines is 2. The van der Waals surface area contributed by atoms with Crippen LogP contribution in [0.15, 0.2) is 60.7 Å². The molecule has 1 aliphatic rings. The minimum Gasteiger partial charge on any atom is -0.465 e. The van der Waals surface area contributed by atoms with Crippen molar-refractivity contribution in [3.63, 3.8) is 0 Å². The Morgan fingerprint density at radius 2 is 1.67 bits per heavy atom. The number of nitrogens with one attached hydrogen (secondary N) is 2. The van der Waals surface area contributed by atoms with Crippen molar-refractivity contribution in [3.05, 3.63) is 71.8 Å². The van der Waals surface area contributed by atoms with Gasteiger partial charge in [-0.25, -0.2) is 4.79 Å². The second-order valence-corrected chi connectivity index (χ2v) is 9.18. The second kappa shape index (κ2) is 10.6. The van der Waals surface area contributed by atoms with Crippen LogP contribution >= 0.6 is 23.6 Å². The molecule has 4 rings (SSSR count). The summed E-state index contributed by atoms with van der Waals surface area (Å²) >= 11 is 6.90. The van der Waals surface area contributed by atoms with Crippen LogP contribution in [0, 0.1) is 0 Å². The SMILES string of the molecule is COC(=O)c1cc(-c2ccccc2)sc1NC(=S)Nc1ccc(C(=O)N2CCCCC2)cc1. The number of amides is 1. The van der Waals surface area contributed by atoms with Crippen LogP contribution in [0.2, 0.25) is 0 Å². The Balaban J connectivity index is 1.44. The summed E-state index contributed by atoms with van der Waals surface area (Å²) in [6.45, 7) is 1.64. The fraction of sp³-hybridized carbons (Fsp3) is 0.240. The zero-order chi connectivity index (χ0) is 23.2. The van der Waals surface area contributed by atoms with Crippen LogP contribution in [0.5, 0.6) is 0 Å². The number of likely N-dealkylation sites (tertiary alicyclic amines) is 1. The predicted octanol–water partition coefficient (Wildman–Crippen LogP) is 5.64. The normalized spacial score (nSPS) is 13.3. The average Bonchev–Trinajstić information content (AvgIpc) is 3.28. The van der Waals surface area contributed by atoms with E-state index >= 15 is 0 Å². The minimum absolute atomic E-state index is 0.0664. The smallest absolute Gasteiger partial charge is 0.340 e. The molecule has 1 aliphatic heterocycles. The van der Waals surface area contributed by atoms with Crippen LogP contribution in [-0.4, -0.2) is 42.1 Å². The highest BCUT2D eigenvalue weighted by Crippen LogP contribution is 2.36. The molecule has 0 spiro atoms. The lowest BCUT2D eigenvalue weighted by Gasteiger charge is -2.26. The highest BCUT2D eigenvalue weighted by atomic mass is 32.1. The van der Waals surface area contributed by atoms with Crippen LogP contribution in [0.25, 0.3) is 10.4 Å². The van der Waals surface area contributed by atoms with Crippen LogP contribution in [-0.2, 0) is 4.74 Å². The number of nitrogens with zero attached hydrogens (tertiary/aromatic N) is 1. The van der Waals surface area contributed by atoms with E-state index < -0.39 is 5.97 Å². The maximum absolute atomic E-state index is 12.6. The molecular weight excluding hydrogens is 454 g/mol. The molecule has 1 saturated heterocycles. The molecule has 0 unspecified atom stereocenters. The highest BCUT2D eigenvalue weighted by molar-refractivity contribution is 7.80. The van der Waals surface area contributed by atoms with Gasteiger partial charge in [-0.1, -0.05) is 30.3 Å². The molecule has 0 saturated carbocycles. The Morgan fingerprint density at radius 1 is 0.970 bits per heavy atom. The lowest BCUT2D eigenvalue weighted by molar-refractivity contribution is 0.0602. The molecule has 33 heavy (non-hydrogen) atoms. The molecule has 1 aromatic heterocycles. The quantitative estimate of drug-likeness (QED) is 0.365. The third kappa shape index (κ3) is 5.58. The number of rotatable bonds is 5. The minimum atomic E-state index is -0.431. The van der Waals surface area contributed by atoms with Gasteiger partial charge in [-0.3, -0.25) is 4.79 Å². The Kier molecular flexibility index (Phi) is 7.36. The first-order valence-electron chi connectivity index (χ1n) is 10.8. The number of benzene rings is 2. The molecule has 0 aliphatic carbocycles. The topological polar surface area (TPSA) is 70.7 Å². The molecule has 1 fully saturated rings. The van der Waals surface area contributed by atoms with Crippen LogP contribution in [0.4, 0.5) is 10.7 Å². The summed E-state index contributed by atoms with van der Waals surface area (Å²) < 4.78 is 4.94. The Labute approximate surface area is 202 Å². The van der Waals surface area contributed by atoms with Gasteiger partial charge >= 0.3 is 5.97 Å². The van der Waals surface area contributed by atoms with E-state index in [9.17, 15) is 9.59 Å². The number of hydrogen-bond acceptors (Lipinski definition) is 5. The lowest BCUT2D eigenvalue weighted by Crippen LogP contribution is -2.35. The van der Waals surface area contributed by atoms with Gasteiger partial charge in [0.2, 0.25) is 0 Å². The average molecular weight is 480 g/mol. The van der Waals surface area contributed by atoms with E-state index in [-0.39, 0.29) is 5.91 Å². The molecule has 0 bridgehead atoms. The second-order valence-electron chi connectivity index (χ2n) is 7.72. The summed E-state index contributed by atoms with van der Waals surface area (Å²) in [5.41, 5.74) is 2.85. The van der Waals surface area contributed by atoms with E-state index in [1.807, 2.05) is 47.4 Å². The van der Waals surface area contributed by atoms with Crippen molar-refractivity contribution in [3.8, 4) is 10.4 Å². The zero-order valence-electron chi connectivity index (χ0n) is 18.3. The van der Waals surface area contributed by atoms with Gasteiger partial charge in [0.05, 0.1) is 12.7 Å². The fourth-order valence-electron chi connectivity index (χ4n) is 3.73. The van der Waals surface area contributed by atoms with Crippen molar-refractivity contribution in [2.24, 2.45) is 0 Å². The summed E-state index contributed by atoms with van der Waals surface area (Å²) in [4.78, 5) is 27.8. The molecule has 2 N–H and O–H groups in total. The third-order valence-corrected chi connectivity index (χ3v) is 6.76. The molecule has 0 radical (unpaired) electrons. The maximum Gasteiger partial charge on any atom is 0.340 e. The Bertz CT molecular complexity index is 1140. The van der Waals surface area contributed by atoms with E-state index in [4.69, 9.17) is 17.0 Å². The van der Waals surface area contributed by atoms with E-state index in [2.05, 4.69) is 10.6 Å². The summed E-state index contributed by atoms with van der Waals surface area (Å²) in [6, 6.07) is 18.9. The van der Waals surface area contributed by atoms with Gasteiger partial charge in [-0.05, 0) is 67.4 Å². The van der Waals surface area contributed by atoms with Gasteiger partial charge in [0.15, 0.2) is 5.11 Å². The van der Waals surface area contributed by atoms with Gasteiger partial charge in [0.1, 0.15) is 5.00 Å². The predicted molar refractivity (Wildman–Crippen MR) is 137 cm³/mol. The molecule has 2 heterocycles. The van der Waals surface area contributed by atoms with E-state index in [0.29, 0.717) is 21.2 Å². The molecular formula is C25H25N3O3S2. The summed E-state index contributed by atoms with van der Waals surface area (Å²) in [7, 11) is 1.36. The standard InChI is InChI=1S/C25H25N3O3S2/c1-31-24(30)20-16-21(17-8-4-2-5-9-17)33-22(20)27-25(32)26-19-12-10-18(11-13-19)23(29)28-14-6-3-7-15-28/h2,4-5,8-13,16H,3,6-7,14-15H2,1H3,(H2,26,27,32). The maximum atomic E-state index is 12.6. The number of methoxy groups -OCH3 is 1. The number of thiophene rings is 1. The van der Waals surface area contributed by atoms with Gasteiger partial charge in [-0.15, -0.1) is 11.3 Å². The van der Waals surface area contributed by atoms with Crippen molar-refractivity contribution < 1.29 is 14.3 Å². The molecule has 8 heteroatoms. The lowest BCUT2D eigenvalue weighted by atomic mass is 10.1. The third-order valence-electron chi connectivity index (χ3n) is 5.46. The van der Waals surface area contributed by atoms with Crippen molar-refractivity contribution in [2.45, 2.75) is 19.3 Å². The summed E-state index contributed by atoms with van der Waals surface area (Å²) in [6.07, 6.45) is 3.31. The highest BCUT2D eigenvalue weighted by Gasteiger charge is 2.20. The van der Waals surface area contributed by atoms with Crippen LogP contribution in [0.3, 0.4) is 0 Å². The first-order chi connectivity index (χ1) is 16.0. The number of carbonyl (C=O) groups is 2. The van der Waals surface area contributed by atoms with Crippen molar-refractivity contribution in [1.29, 1.82) is 0 Å². The van der Waals surface area contributed by atoms with Crippen molar-refractivity contribution in [1.82, 2.24) is 4.90 Å². The number of thiocarbonyl (C=S) groups is 1. The zero-order valence-corrected chi connectivity index (χ0v) is 19.9. The largest absolute Gasteiger partial charge is 0.465 e. The monoisotopic (exact) mass is 479 g/mol. The van der Waals surface area contributed by atoms with Crippen molar-refractivity contribution >= 4 is 51.2 Å². The van der Waals surface area contributed by atoms with Gasteiger partial charge in [0.25, 0.3) is 5.91 Å². The molecule has 1 amide bonds. The molecule has 3 aromatic rings. The van der Waals surface area contributed by atoms with Crippen molar-refractivity contribution in [2.75, 3.05) is 30.8 Å². The number of ether oxygens (including phenoxy) is 1. The number of esters is 1. The van der Waals surface area contributed by atoms with E-state index in [0.717, 1.165) is 42.1 Å². The summed E-state index contributed by atoms with van der Waals surface area (Å²) in [5, 5.41) is 7.19. The molecule has 6 nitrogen and oxygen atoms in total. The van der Waals surface area contributed by atoms with Crippen LogP contribution < -0.4 is 10.6 Å². The first-order valence-corrected chi connectivity index (χ1v) is 12.0. The summed E-state index contributed by atoms with van der Waals surface area (Å²) in [5.74, 6) is -0.365. The molecule has 0 atom stereocenters. The van der Waals surface area contributed by atoms with Gasteiger partial charge in [-0.2, -0.15) is 0 Å². The first kappa shape index (κ1) is 22.9. The Hall–Kier alpha value is -3.23.